The van der Waals surface area contributed by atoms with Crippen LogP contribution in [-0.2, 0) is 21.2 Å². The number of sulfone groups is 1. The van der Waals surface area contributed by atoms with E-state index in [2.05, 4.69) is 10.4 Å². The van der Waals surface area contributed by atoms with E-state index in [0.29, 0.717) is 13.1 Å². The van der Waals surface area contributed by atoms with E-state index in [1.807, 2.05) is 12.3 Å². The Bertz CT molecular complexity index is 948. The fraction of sp³-hybridized carbons (Fsp3) is 0.222. The molecule has 2 aromatic heterocycles. The third kappa shape index (κ3) is 4.60. The van der Waals surface area contributed by atoms with Gasteiger partial charge < -0.3 is 9.73 Å². The van der Waals surface area contributed by atoms with Crippen LogP contribution in [0.5, 0.6) is 0 Å². The van der Waals surface area contributed by atoms with E-state index < -0.39 is 9.84 Å². The van der Waals surface area contributed by atoms with Gasteiger partial charge in [0, 0.05) is 30.3 Å². The van der Waals surface area contributed by atoms with Crippen molar-refractivity contribution in [3.05, 3.63) is 61.3 Å². The van der Waals surface area contributed by atoms with Gasteiger partial charge in [-0.15, -0.1) is 0 Å². The summed E-state index contributed by atoms with van der Waals surface area (Å²) in [6.45, 7) is 0.867. The highest BCUT2D eigenvalue weighted by molar-refractivity contribution is 7.91. The summed E-state index contributed by atoms with van der Waals surface area (Å²) >= 11 is 0. The van der Waals surface area contributed by atoms with E-state index in [-0.39, 0.29) is 23.0 Å². The molecule has 3 aromatic rings. The minimum absolute atomic E-state index is 0.0728. The Labute approximate surface area is 151 Å². The lowest BCUT2D eigenvalue weighted by molar-refractivity contribution is -0.120. The van der Waals surface area contributed by atoms with Gasteiger partial charge in [-0.3, -0.25) is 9.48 Å². The molecule has 0 fully saturated rings. The summed E-state index contributed by atoms with van der Waals surface area (Å²) in [6, 6.07) is 9.98. The summed E-state index contributed by atoms with van der Waals surface area (Å²) in [7, 11) is -3.44. The van der Waals surface area contributed by atoms with Gasteiger partial charge in [0.05, 0.1) is 35.9 Å². The molecule has 0 bridgehead atoms. The van der Waals surface area contributed by atoms with Gasteiger partial charge in [0.2, 0.25) is 5.91 Å². The number of carbonyl (C=O) groups excluding carboxylic acids is 1. The normalized spacial score (nSPS) is 11.4. The van der Waals surface area contributed by atoms with Crippen molar-refractivity contribution in [1.29, 1.82) is 0 Å². The van der Waals surface area contributed by atoms with Gasteiger partial charge in [0.25, 0.3) is 0 Å². The molecule has 0 saturated carbocycles. The molecule has 8 heteroatoms. The number of nitrogens with zero attached hydrogens (tertiary/aromatic N) is 2. The fourth-order valence-corrected chi connectivity index (χ4v) is 3.70. The lowest BCUT2D eigenvalue weighted by Gasteiger charge is -2.06. The molecule has 26 heavy (non-hydrogen) atoms. The van der Waals surface area contributed by atoms with Gasteiger partial charge in [-0.25, -0.2) is 8.42 Å². The van der Waals surface area contributed by atoms with Gasteiger partial charge in [-0.2, -0.15) is 5.10 Å². The quantitative estimate of drug-likeness (QED) is 0.653. The number of nitrogens with one attached hydrogen (secondary N) is 1. The van der Waals surface area contributed by atoms with Crippen LogP contribution in [-0.4, -0.2) is 36.4 Å². The van der Waals surface area contributed by atoms with Crippen LogP contribution in [0.25, 0.3) is 11.1 Å². The highest BCUT2D eigenvalue weighted by Gasteiger charge is 2.15. The van der Waals surface area contributed by atoms with Crippen LogP contribution in [0.2, 0.25) is 0 Å². The van der Waals surface area contributed by atoms with Crippen LogP contribution in [0.1, 0.15) is 6.42 Å². The summed E-state index contributed by atoms with van der Waals surface area (Å²) in [5.74, 6) is -0.512. The average molecular weight is 373 g/mol. The van der Waals surface area contributed by atoms with E-state index in [1.54, 1.807) is 41.6 Å². The highest BCUT2D eigenvalue weighted by Crippen LogP contribution is 2.18. The highest BCUT2D eigenvalue weighted by atomic mass is 32.2. The molecule has 2 heterocycles. The maximum Gasteiger partial charge on any atom is 0.221 e. The predicted molar refractivity (Wildman–Crippen MR) is 96.1 cm³/mol. The molecule has 0 aliphatic heterocycles. The van der Waals surface area contributed by atoms with Crippen LogP contribution in [0, 0.1) is 0 Å². The maximum absolute atomic E-state index is 12.1. The van der Waals surface area contributed by atoms with Gasteiger partial charge in [0.1, 0.15) is 0 Å². The Kier molecular flexibility index (Phi) is 5.52. The zero-order chi connectivity index (χ0) is 18.4. The van der Waals surface area contributed by atoms with Crippen LogP contribution in [0.4, 0.5) is 0 Å². The van der Waals surface area contributed by atoms with E-state index in [1.165, 1.54) is 12.1 Å². The molecule has 0 aliphatic carbocycles. The Morgan fingerprint density at radius 1 is 1.15 bits per heavy atom. The third-order valence-electron chi connectivity index (χ3n) is 3.85. The number of carbonyl (C=O) groups is 1. The van der Waals surface area contributed by atoms with Crippen LogP contribution in [0.3, 0.4) is 0 Å². The Morgan fingerprint density at radius 3 is 2.69 bits per heavy atom. The van der Waals surface area contributed by atoms with Crippen molar-refractivity contribution in [1.82, 2.24) is 15.1 Å². The SMILES string of the molecule is O=C(CCS(=O)(=O)c1ccccc1)NCCn1cc(-c2ccoc2)cn1. The van der Waals surface area contributed by atoms with Crippen molar-refractivity contribution in [2.24, 2.45) is 0 Å². The first kappa shape index (κ1) is 17.9. The zero-order valence-electron chi connectivity index (χ0n) is 14.0. The molecular weight excluding hydrogens is 354 g/mol. The number of amides is 1. The van der Waals surface area contributed by atoms with Crippen LogP contribution >= 0.6 is 0 Å². The summed E-state index contributed by atoms with van der Waals surface area (Å²) in [5, 5.41) is 6.94. The minimum atomic E-state index is -3.44. The monoisotopic (exact) mass is 373 g/mol. The van der Waals surface area contributed by atoms with Gasteiger partial charge in [-0.05, 0) is 18.2 Å². The van der Waals surface area contributed by atoms with Crippen LogP contribution < -0.4 is 5.32 Å². The lowest BCUT2D eigenvalue weighted by Crippen LogP contribution is -2.28. The Hall–Kier alpha value is -2.87. The minimum Gasteiger partial charge on any atom is -0.472 e. The number of rotatable bonds is 8. The van der Waals surface area contributed by atoms with Crippen molar-refractivity contribution in [2.75, 3.05) is 12.3 Å². The smallest absolute Gasteiger partial charge is 0.221 e. The van der Waals surface area contributed by atoms with Crippen molar-refractivity contribution in [3.8, 4) is 11.1 Å². The van der Waals surface area contributed by atoms with E-state index >= 15 is 0 Å². The topological polar surface area (TPSA) is 94.2 Å². The second-order valence-corrected chi connectivity index (χ2v) is 7.85. The maximum atomic E-state index is 12.1. The Balaban J connectivity index is 1.43. The molecule has 7 nitrogen and oxygen atoms in total. The first-order chi connectivity index (χ1) is 12.5. The summed E-state index contributed by atoms with van der Waals surface area (Å²) < 4.78 is 31.0. The molecule has 0 radical (unpaired) electrons. The molecule has 0 saturated heterocycles. The molecule has 1 amide bonds. The first-order valence-corrected chi connectivity index (χ1v) is 9.79. The number of benzene rings is 1. The van der Waals surface area contributed by atoms with Gasteiger partial charge in [-0.1, -0.05) is 18.2 Å². The summed E-state index contributed by atoms with van der Waals surface area (Å²) in [4.78, 5) is 12.1. The summed E-state index contributed by atoms with van der Waals surface area (Å²) in [5.41, 5.74) is 1.87. The number of hydrogen-bond donors (Lipinski definition) is 1. The molecule has 136 valence electrons. The van der Waals surface area contributed by atoms with Crippen molar-refractivity contribution < 1.29 is 17.6 Å². The Morgan fingerprint density at radius 2 is 1.96 bits per heavy atom. The van der Waals surface area contributed by atoms with Crippen LogP contribution in [0.15, 0.2) is 70.6 Å². The van der Waals surface area contributed by atoms with E-state index in [0.717, 1.165) is 11.1 Å². The lowest BCUT2D eigenvalue weighted by atomic mass is 10.2. The average Bonchev–Trinajstić information content (AvgIpc) is 3.32. The molecule has 1 aromatic carbocycles. The fourth-order valence-electron chi connectivity index (χ4n) is 2.43. The molecular formula is C18H19N3O4S. The molecule has 0 unspecified atom stereocenters. The van der Waals surface area contributed by atoms with E-state index in [4.69, 9.17) is 4.42 Å². The van der Waals surface area contributed by atoms with Crippen molar-refractivity contribution >= 4 is 15.7 Å². The van der Waals surface area contributed by atoms with Gasteiger partial charge >= 0.3 is 0 Å². The number of hydrogen-bond acceptors (Lipinski definition) is 5. The number of aromatic nitrogens is 2. The third-order valence-corrected chi connectivity index (χ3v) is 5.58. The molecule has 1 N–H and O–H groups in total. The standard InChI is InChI=1S/C18H19N3O4S/c22-18(7-11-26(23,24)17-4-2-1-3-5-17)19-8-9-21-13-16(12-20-21)15-6-10-25-14-15/h1-6,10,12-14H,7-9,11H2,(H,19,22). The second kappa shape index (κ2) is 8.01. The molecule has 3 rings (SSSR count). The number of furan rings is 1. The first-order valence-electron chi connectivity index (χ1n) is 8.14. The predicted octanol–water partition coefficient (Wildman–Crippen LogP) is 2.12. The molecule has 0 spiro atoms. The molecule has 0 aliphatic rings. The summed E-state index contributed by atoms with van der Waals surface area (Å²) in [6.07, 6.45) is 6.74. The zero-order valence-corrected chi connectivity index (χ0v) is 14.9. The molecule has 0 atom stereocenters. The van der Waals surface area contributed by atoms with E-state index in [9.17, 15) is 13.2 Å². The van der Waals surface area contributed by atoms with Crippen molar-refractivity contribution in [2.45, 2.75) is 17.9 Å². The largest absolute Gasteiger partial charge is 0.472 e. The van der Waals surface area contributed by atoms with Gasteiger partial charge in [0.15, 0.2) is 9.84 Å². The second-order valence-electron chi connectivity index (χ2n) is 5.74. The van der Waals surface area contributed by atoms with Crippen molar-refractivity contribution in [3.63, 3.8) is 0 Å².